The number of anilines is 1. The van der Waals surface area contributed by atoms with E-state index in [0.29, 0.717) is 23.4 Å². The van der Waals surface area contributed by atoms with Gasteiger partial charge in [0.25, 0.3) is 0 Å². The Bertz CT molecular complexity index is 971. The van der Waals surface area contributed by atoms with E-state index in [-0.39, 0.29) is 17.8 Å². The fourth-order valence-corrected chi connectivity index (χ4v) is 3.46. The fraction of sp³-hybridized carbons (Fsp3) is 0.222. The van der Waals surface area contributed by atoms with Crippen LogP contribution in [0.2, 0.25) is 0 Å². The first-order valence-electron chi connectivity index (χ1n) is 7.94. The van der Waals surface area contributed by atoms with Crippen molar-refractivity contribution in [3.8, 4) is 0 Å². The number of rotatable bonds is 4. The van der Waals surface area contributed by atoms with E-state index in [1.54, 1.807) is 36.4 Å². The number of amides is 1. The van der Waals surface area contributed by atoms with Crippen LogP contribution >= 0.6 is 0 Å². The van der Waals surface area contributed by atoms with E-state index in [2.05, 4.69) is 9.82 Å². The van der Waals surface area contributed by atoms with Crippen molar-refractivity contribution < 1.29 is 17.6 Å². The van der Waals surface area contributed by atoms with Gasteiger partial charge in [0.15, 0.2) is 0 Å². The number of hydrazone groups is 1. The Morgan fingerprint density at radius 1 is 1.23 bits per heavy atom. The predicted molar refractivity (Wildman–Crippen MR) is 97.7 cm³/mol. The zero-order valence-corrected chi connectivity index (χ0v) is 15.1. The number of hydrogen-bond donors (Lipinski definition) is 1. The minimum absolute atomic E-state index is 0.232. The van der Waals surface area contributed by atoms with E-state index in [9.17, 15) is 17.6 Å². The second kappa shape index (κ2) is 6.87. The van der Waals surface area contributed by atoms with Crippen LogP contribution in [0.5, 0.6) is 0 Å². The lowest BCUT2D eigenvalue weighted by Crippen LogP contribution is -2.24. The number of carbonyl (C=O) groups excluding carboxylic acids is 1. The van der Waals surface area contributed by atoms with E-state index >= 15 is 0 Å². The maximum Gasteiger partial charge on any atom is 0.240 e. The highest BCUT2D eigenvalue weighted by atomic mass is 32.2. The van der Waals surface area contributed by atoms with Gasteiger partial charge >= 0.3 is 0 Å². The molecular formula is C18H18FN3O3S. The molecule has 26 heavy (non-hydrogen) atoms. The number of halogens is 1. The first-order chi connectivity index (χ1) is 12.2. The SMILES string of the molecule is CC(=O)N1N=C(c2ccc(NS(C)(=O)=O)cc2)C[C@@H]1c1cccc(F)c1. The molecule has 1 N–H and O–H groups in total. The number of nitrogens with one attached hydrogen (secondary N) is 1. The molecule has 0 fully saturated rings. The summed E-state index contributed by atoms with van der Waals surface area (Å²) < 4.78 is 38.5. The van der Waals surface area contributed by atoms with Crippen molar-refractivity contribution in [1.29, 1.82) is 0 Å². The molecule has 2 aromatic rings. The Morgan fingerprint density at radius 2 is 1.92 bits per heavy atom. The second-order valence-corrected chi connectivity index (χ2v) is 7.89. The molecule has 136 valence electrons. The van der Waals surface area contributed by atoms with Crippen molar-refractivity contribution in [3.63, 3.8) is 0 Å². The standard InChI is InChI=1S/C18H18FN3O3S/c1-12(23)22-18(14-4-3-5-15(19)10-14)11-17(20-22)13-6-8-16(9-7-13)21-26(2,24)25/h3-10,18,21H,11H2,1-2H3/t18-/m1/s1. The number of hydrogen-bond acceptors (Lipinski definition) is 4. The summed E-state index contributed by atoms with van der Waals surface area (Å²) in [7, 11) is -3.35. The third kappa shape index (κ3) is 4.08. The fourth-order valence-electron chi connectivity index (χ4n) is 2.89. The van der Waals surface area contributed by atoms with E-state index in [4.69, 9.17) is 0 Å². The highest BCUT2D eigenvalue weighted by Crippen LogP contribution is 2.33. The summed E-state index contributed by atoms with van der Waals surface area (Å²) in [5.41, 5.74) is 2.57. The summed E-state index contributed by atoms with van der Waals surface area (Å²) in [6.45, 7) is 1.41. The van der Waals surface area contributed by atoms with Gasteiger partial charge in [-0.1, -0.05) is 24.3 Å². The molecule has 0 aliphatic carbocycles. The van der Waals surface area contributed by atoms with Gasteiger partial charge in [0.05, 0.1) is 18.0 Å². The maximum atomic E-state index is 13.6. The van der Waals surface area contributed by atoms with Gasteiger partial charge in [-0.3, -0.25) is 9.52 Å². The van der Waals surface area contributed by atoms with Crippen molar-refractivity contribution in [2.24, 2.45) is 5.10 Å². The van der Waals surface area contributed by atoms with Gasteiger partial charge in [-0.15, -0.1) is 0 Å². The van der Waals surface area contributed by atoms with Crippen LogP contribution in [0.15, 0.2) is 53.6 Å². The molecule has 1 atom stereocenters. The monoisotopic (exact) mass is 375 g/mol. The molecule has 0 unspecified atom stereocenters. The number of benzene rings is 2. The molecule has 0 saturated carbocycles. The average Bonchev–Trinajstić information content (AvgIpc) is 2.99. The van der Waals surface area contributed by atoms with Crippen molar-refractivity contribution >= 4 is 27.3 Å². The van der Waals surface area contributed by atoms with E-state index in [1.165, 1.54) is 24.1 Å². The van der Waals surface area contributed by atoms with Crippen molar-refractivity contribution in [3.05, 3.63) is 65.5 Å². The second-order valence-electron chi connectivity index (χ2n) is 6.14. The molecule has 0 radical (unpaired) electrons. The van der Waals surface area contributed by atoms with Crippen molar-refractivity contribution in [2.45, 2.75) is 19.4 Å². The Labute approximate surface area is 151 Å². The van der Waals surface area contributed by atoms with Crippen LogP contribution in [0.4, 0.5) is 10.1 Å². The van der Waals surface area contributed by atoms with Crippen LogP contribution in [0.25, 0.3) is 0 Å². The topological polar surface area (TPSA) is 78.8 Å². The molecule has 0 bridgehead atoms. The van der Waals surface area contributed by atoms with Crippen LogP contribution in [0.3, 0.4) is 0 Å². The summed E-state index contributed by atoms with van der Waals surface area (Å²) in [6, 6.07) is 12.5. The summed E-state index contributed by atoms with van der Waals surface area (Å²) >= 11 is 0. The number of carbonyl (C=O) groups is 1. The van der Waals surface area contributed by atoms with E-state index < -0.39 is 10.0 Å². The highest BCUT2D eigenvalue weighted by molar-refractivity contribution is 7.92. The Kier molecular flexibility index (Phi) is 4.78. The molecule has 0 saturated heterocycles. The summed E-state index contributed by atoms with van der Waals surface area (Å²) in [6.07, 6.45) is 1.53. The molecule has 2 aromatic carbocycles. The molecule has 6 nitrogen and oxygen atoms in total. The molecule has 8 heteroatoms. The minimum Gasteiger partial charge on any atom is -0.284 e. The Hall–Kier alpha value is -2.74. The van der Waals surface area contributed by atoms with Crippen LogP contribution < -0.4 is 4.72 Å². The molecule has 1 aliphatic rings. The van der Waals surface area contributed by atoms with Crippen LogP contribution in [0, 0.1) is 5.82 Å². The first kappa shape index (κ1) is 18.1. The van der Waals surface area contributed by atoms with Gasteiger partial charge in [0.1, 0.15) is 5.82 Å². The maximum absolute atomic E-state index is 13.6. The molecule has 3 rings (SSSR count). The summed E-state index contributed by atoms with van der Waals surface area (Å²) in [4.78, 5) is 12.0. The lowest BCUT2D eigenvalue weighted by Gasteiger charge is -2.20. The smallest absolute Gasteiger partial charge is 0.240 e. The lowest BCUT2D eigenvalue weighted by atomic mass is 9.98. The molecule has 1 amide bonds. The lowest BCUT2D eigenvalue weighted by molar-refractivity contribution is -0.130. The van der Waals surface area contributed by atoms with Crippen LogP contribution in [0.1, 0.15) is 30.5 Å². The normalized spacial score (nSPS) is 17.1. The molecular weight excluding hydrogens is 357 g/mol. The molecule has 0 aromatic heterocycles. The third-order valence-electron chi connectivity index (χ3n) is 3.99. The zero-order chi connectivity index (χ0) is 18.9. The summed E-state index contributed by atoms with van der Waals surface area (Å²) in [5.74, 6) is -0.597. The largest absolute Gasteiger partial charge is 0.284 e. The van der Waals surface area contributed by atoms with Crippen LogP contribution in [-0.4, -0.2) is 31.3 Å². The van der Waals surface area contributed by atoms with Crippen molar-refractivity contribution in [1.82, 2.24) is 5.01 Å². The van der Waals surface area contributed by atoms with Gasteiger partial charge in [0, 0.05) is 19.0 Å². The van der Waals surface area contributed by atoms with Gasteiger partial charge in [-0.25, -0.2) is 17.8 Å². The van der Waals surface area contributed by atoms with Crippen LogP contribution in [-0.2, 0) is 14.8 Å². The Balaban J connectivity index is 1.87. The third-order valence-corrected chi connectivity index (χ3v) is 4.59. The Morgan fingerprint density at radius 3 is 2.50 bits per heavy atom. The van der Waals surface area contributed by atoms with Gasteiger partial charge < -0.3 is 0 Å². The molecule has 0 spiro atoms. The average molecular weight is 375 g/mol. The molecule has 1 heterocycles. The van der Waals surface area contributed by atoms with Gasteiger partial charge in [-0.2, -0.15) is 5.10 Å². The zero-order valence-electron chi connectivity index (χ0n) is 14.3. The van der Waals surface area contributed by atoms with E-state index in [1.807, 2.05) is 0 Å². The van der Waals surface area contributed by atoms with Gasteiger partial charge in [-0.05, 0) is 35.4 Å². The number of nitrogens with zero attached hydrogens (tertiary/aromatic N) is 2. The van der Waals surface area contributed by atoms with Crippen molar-refractivity contribution in [2.75, 3.05) is 11.0 Å². The van der Waals surface area contributed by atoms with Gasteiger partial charge in [0.2, 0.25) is 15.9 Å². The van der Waals surface area contributed by atoms with E-state index in [0.717, 1.165) is 11.8 Å². The summed E-state index contributed by atoms with van der Waals surface area (Å²) in [5, 5.41) is 5.74. The first-order valence-corrected chi connectivity index (χ1v) is 9.83. The highest BCUT2D eigenvalue weighted by Gasteiger charge is 2.31. The predicted octanol–water partition coefficient (Wildman–Crippen LogP) is 2.89. The number of sulfonamides is 1. The molecule has 1 aliphatic heterocycles. The minimum atomic E-state index is -3.35. The quantitative estimate of drug-likeness (QED) is 0.892.